The first-order valence-corrected chi connectivity index (χ1v) is 8.06. The SMILES string of the molecule is CCOc1ccc(OCC)c(/C(C)=N\Nc2ccc(C(=O)[O-])cc2)c1. The normalized spacial score (nSPS) is 11.1. The Morgan fingerprint density at radius 1 is 1.08 bits per heavy atom. The molecule has 0 saturated heterocycles. The Bertz CT molecular complexity index is 755. The molecule has 0 aromatic heterocycles. The van der Waals surface area contributed by atoms with Crippen molar-refractivity contribution in [1.29, 1.82) is 0 Å². The van der Waals surface area contributed by atoms with E-state index in [-0.39, 0.29) is 5.56 Å². The third-order valence-corrected chi connectivity index (χ3v) is 3.42. The first kappa shape index (κ1) is 18.3. The summed E-state index contributed by atoms with van der Waals surface area (Å²) in [5.74, 6) is 0.260. The quantitative estimate of drug-likeness (QED) is 0.589. The van der Waals surface area contributed by atoms with E-state index in [1.54, 1.807) is 12.1 Å². The molecule has 0 heterocycles. The summed E-state index contributed by atoms with van der Waals surface area (Å²) in [5.41, 5.74) is 5.24. The van der Waals surface area contributed by atoms with Gasteiger partial charge < -0.3 is 19.4 Å². The van der Waals surface area contributed by atoms with E-state index < -0.39 is 5.97 Å². The number of nitrogens with one attached hydrogen (secondary N) is 1. The minimum atomic E-state index is -1.21. The molecule has 0 atom stereocenters. The highest BCUT2D eigenvalue weighted by molar-refractivity contribution is 6.01. The average Bonchev–Trinajstić information content (AvgIpc) is 2.61. The van der Waals surface area contributed by atoms with Crippen LogP contribution < -0.4 is 20.0 Å². The Morgan fingerprint density at radius 2 is 1.76 bits per heavy atom. The zero-order valence-electron chi connectivity index (χ0n) is 14.5. The monoisotopic (exact) mass is 341 g/mol. The van der Waals surface area contributed by atoms with E-state index >= 15 is 0 Å². The van der Waals surface area contributed by atoms with Crippen LogP contribution in [0.1, 0.15) is 36.7 Å². The van der Waals surface area contributed by atoms with Crippen molar-refractivity contribution in [2.75, 3.05) is 18.6 Å². The standard InChI is InChI=1S/C19H22N2O4/c1-4-24-16-10-11-18(25-5-2)17(12-16)13(3)20-21-15-8-6-14(7-9-15)19(22)23/h6-12,21H,4-5H2,1-3H3,(H,22,23)/p-1/b20-13-. The summed E-state index contributed by atoms with van der Waals surface area (Å²) in [6.07, 6.45) is 0. The highest BCUT2D eigenvalue weighted by atomic mass is 16.5. The van der Waals surface area contributed by atoms with Crippen LogP contribution in [0.15, 0.2) is 47.6 Å². The third kappa shape index (κ3) is 4.97. The second-order valence-corrected chi connectivity index (χ2v) is 5.20. The number of hydrogen-bond acceptors (Lipinski definition) is 6. The number of hydrazone groups is 1. The molecule has 2 rings (SSSR count). The molecule has 1 N–H and O–H groups in total. The number of aromatic carboxylic acids is 1. The number of anilines is 1. The molecular weight excluding hydrogens is 320 g/mol. The number of carbonyl (C=O) groups is 1. The van der Waals surface area contributed by atoms with Crippen LogP contribution in [0, 0.1) is 0 Å². The Hall–Kier alpha value is -3.02. The van der Waals surface area contributed by atoms with Crippen LogP contribution >= 0.6 is 0 Å². The first-order chi connectivity index (χ1) is 12.0. The molecule has 0 aliphatic rings. The van der Waals surface area contributed by atoms with E-state index in [2.05, 4.69) is 10.5 Å². The molecule has 0 radical (unpaired) electrons. The van der Waals surface area contributed by atoms with Gasteiger partial charge in [0.25, 0.3) is 0 Å². The lowest BCUT2D eigenvalue weighted by Gasteiger charge is -2.13. The summed E-state index contributed by atoms with van der Waals surface area (Å²) >= 11 is 0. The van der Waals surface area contributed by atoms with E-state index in [1.807, 2.05) is 39.0 Å². The van der Waals surface area contributed by atoms with Crippen molar-refractivity contribution in [3.8, 4) is 11.5 Å². The molecular formula is C19H21N2O4-. The molecule has 6 nitrogen and oxygen atoms in total. The fourth-order valence-electron chi connectivity index (χ4n) is 2.22. The zero-order chi connectivity index (χ0) is 18.2. The maximum Gasteiger partial charge on any atom is 0.128 e. The molecule has 0 unspecified atom stereocenters. The number of carbonyl (C=O) groups excluding carboxylic acids is 1. The smallest absolute Gasteiger partial charge is 0.128 e. The Labute approximate surface area is 147 Å². The molecule has 0 amide bonds. The lowest BCUT2D eigenvalue weighted by Crippen LogP contribution is -2.21. The van der Waals surface area contributed by atoms with Crippen molar-refractivity contribution in [2.24, 2.45) is 5.10 Å². The molecule has 25 heavy (non-hydrogen) atoms. The lowest BCUT2D eigenvalue weighted by atomic mass is 10.1. The summed E-state index contributed by atoms with van der Waals surface area (Å²) in [4.78, 5) is 10.8. The van der Waals surface area contributed by atoms with Crippen LogP contribution in [0.5, 0.6) is 11.5 Å². The second kappa shape index (κ2) is 8.73. The van der Waals surface area contributed by atoms with Gasteiger partial charge in [-0.3, -0.25) is 5.43 Å². The zero-order valence-corrected chi connectivity index (χ0v) is 14.5. The summed E-state index contributed by atoms with van der Waals surface area (Å²) in [6, 6.07) is 11.8. The van der Waals surface area contributed by atoms with Crippen molar-refractivity contribution in [3.05, 3.63) is 53.6 Å². The van der Waals surface area contributed by atoms with Gasteiger partial charge >= 0.3 is 0 Å². The van der Waals surface area contributed by atoms with Crippen molar-refractivity contribution in [3.63, 3.8) is 0 Å². The molecule has 0 aliphatic carbocycles. The molecule has 132 valence electrons. The summed E-state index contributed by atoms with van der Waals surface area (Å²) in [5, 5.41) is 15.1. The molecule has 2 aromatic carbocycles. The highest BCUT2D eigenvalue weighted by Gasteiger charge is 2.09. The number of hydrogen-bond donors (Lipinski definition) is 1. The predicted molar refractivity (Wildman–Crippen MR) is 95.4 cm³/mol. The van der Waals surface area contributed by atoms with E-state index in [4.69, 9.17) is 9.47 Å². The van der Waals surface area contributed by atoms with E-state index in [0.29, 0.717) is 24.6 Å². The Morgan fingerprint density at radius 3 is 2.36 bits per heavy atom. The molecule has 0 bridgehead atoms. The minimum Gasteiger partial charge on any atom is -0.545 e. The number of carboxylic acid groups (broad SMARTS) is 1. The number of benzene rings is 2. The summed E-state index contributed by atoms with van der Waals surface area (Å²) < 4.78 is 11.2. The minimum absolute atomic E-state index is 0.120. The van der Waals surface area contributed by atoms with Gasteiger partial charge in [-0.05, 0) is 56.7 Å². The molecule has 0 fully saturated rings. The van der Waals surface area contributed by atoms with Crippen molar-refractivity contribution >= 4 is 17.4 Å². The van der Waals surface area contributed by atoms with Gasteiger partial charge in [-0.25, -0.2) is 0 Å². The predicted octanol–water partition coefficient (Wildman–Crippen LogP) is 2.68. The van der Waals surface area contributed by atoms with Crippen LogP contribution in [0.2, 0.25) is 0 Å². The maximum absolute atomic E-state index is 10.8. The largest absolute Gasteiger partial charge is 0.545 e. The van der Waals surface area contributed by atoms with Gasteiger partial charge in [0, 0.05) is 5.56 Å². The number of carboxylic acids is 1. The van der Waals surface area contributed by atoms with Crippen molar-refractivity contribution in [2.45, 2.75) is 20.8 Å². The van der Waals surface area contributed by atoms with E-state index in [9.17, 15) is 9.90 Å². The first-order valence-electron chi connectivity index (χ1n) is 8.06. The van der Waals surface area contributed by atoms with Gasteiger partial charge in [0.1, 0.15) is 11.5 Å². The van der Waals surface area contributed by atoms with Gasteiger partial charge in [0.05, 0.1) is 30.6 Å². The van der Waals surface area contributed by atoms with Gasteiger partial charge in [-0.1, -0.05) is 12.1 Å². The lowest BCUT2D eigenvalue weighted by molar-refractivity contribution is -0.255. The molecule has 0 spiro atoms. The number of ether oxygens (including phenoxy) is 2. The topological polar surface area (TPSA) is 83.0 Å². The van der Waals surface area contributed by atoms with Crippen molar-refractivity contribution < 1.29 is 19.4 Å². The van der Waals surface area contributed by atoms with E-state index in [0.717, 1.165) is 17.1 Å². The maximum atomic E-state index is 10.8. The van der Waals surface area contributed by atoms with Gasteiger partial charge in [0.15, 0.2) is 0 Å². The van der Waals surface area contributed by atoms with Gasteiger partial charge in [0.2, 0.25) is 0 Å². The van der Waals surface area contributed by atoms with Crippen LogP contribution in [0.25, 0.3) is 0 Å². The van der Waals surface area contributed by atoms with Crippen LogP contribution in [0.4, 0.5) is 5.69 Å². The van der Waals surface area contributed by atoms with Gasteiger partial charge in [-0.15, -0.1) is 0 Å². The van der Waals surface area contributed by atoms with Crippen LogP contribution in [-0.2, 0) is 0 Å². The highest BCUT2D eigenvalue weighted by Crippen LogP contribution is 2.25. The van der Waals surface area contributed by atoms with Gasteiger partial charge in [-0.2, -0.15) is 5.10 Å². The Balaban J connectivity index is 2.22. The van der Waals surface area contributed by atoms with Crippen molar-refractivity contribution in [1.82, 2.24) is 0 Å². The second-order valence-electron chi connectivity index (χ2n) is 5.20. The van der Waals surface area contributed by atoms with Crippen LogP contribution in [-0.4, -0.2) is 24.9 Å². The molecule has 6 heteroatoms. The summed E-state index contributed by atoms with van der Waals surface area (Å²) in [7, 11) is 0. The fraction of sp³-hybridized carbons (Fsp3) is 0.263. The number of rotatable bonds is 8. The fourth-order valence-corrected chi connectivity index (χ4v) is 2.22. The number of nitrogens with zero attached hydrogens (tertiary/aromatic N) is 1. The average molecular weight is 341 g/mol. The van der Waals surface area contributed by atoms with Crippen LogP contribution in [0.3, 0.4) is 0 Å². The Kier molecular flexibility index (Phi) is 6.39. The molecule has 0 saturated carbocycles. The van der Waals surface area contributed by atoms with E-state index in [1.165, 1.54) is 12.1 Å². The molecule has 2 aromatic rings. The third-order valence-electron chi connectivity index (χ3n) is 3.42. The molecule has 0 aliphatic heterocycles. The summed E-state index contributed by atoms with van der Waals surface area (Å²) in [6.45, 7) is 6.83.